The number of hydrogen-bond acceptors (Lipinski definition) is 3. The molecule has 1 heterocycles. The highest BCUT2D eigenvalue weighted by Crippen LogP contribution is 2.32. The molecule has 6 nitrogen and oxygen atoms in total. The Balaban J connectivity index is 1.51. The number of anilines is 1. The van der Waals surface area contributed by atoms with Gasteiger partial charge in [-0.1, -0.05) is 38.0 Å². The summed E-state index contributed by atoms with van der Waals surface area (Å²) in [5.41, 5.74) is 2.75. The van der Waals surface area contributed by atoms with Crippen molar-refractivity contribution in [1.29, 1.82) is 0 Å². The second kappa shape index (κ2) is 8.65. The molecule has 0 radical (unpaired) electrons. The summed E-state index contributed by atoms with van der Waals surface area (Å²) in [7, 11) is 0. The first-order valence-corrected chi connectivity index (χ1v) is 9.36. The molecule has 0 unspecified atom stereocenters. The lowest BCUT2D eigenvalue weighted by Gasteiger charge is -2.12. The van der Waals surface area contributed by atoms with Gasteiger partial charge in [0.2, 0.25) is 0 Å². The quantitative estimate of drug-likeness (QED) is 0.836. The van der Waals surface area contributed by atoms with Crippen LogP contribution in [0.15, 0.2) is 41.5 Å². The fraction of sp³-hybridized carbons (Fsp3) is 0.450. The molecule has 1 aromatic heterocycles. The van der Waals surface area contributed by atoms with E-state index in [1.807, 2.05) is 31.2 Å². The van der Waals surface area contributed by atoms with Gasteiger partial charge in [0.1, 0.15) is 0 Å². The van der Waals surface area contributed by atoms with E-state index in [0.29, 0.717) is 19.0 Å². The Kier molecular flexibility index (Phi) is 6.04. The number of urea groups is 1. The Labute approximate surface area is 153 Å². The lowest BCUT2D eigenvalue weighted by atomic mass is 10.0. The van der Waals surface area contributed by atoms with Gasteiger partial charge in [0, 0.05) is 30.8 Å². The van der Waals surface area contributed by atoms with Gasteiger partial charge in [-0.2, -0.15) is 0 Å². The Bertz CT molecular complexity index is 809. The minimum absolute atomic E-state index is 0.0552. The van der Waals surface area contributed by atoms with E-state index in [4.69, 9.17) is 0 Å². The van der Waals surface area contributed by atoms with E-state index in [0.717, 1.165) is 36.2 Å². The van der Waals surface area contributed by atoms with Crippen LogP contribution >= 0.6 is 0 Å². The van der Waals surface area contributed by atoms with Crippen molar-refractivity contribution in [3.63, 3.8) is 0 Å². The third kappa shape index (κ3) is 4.50. The highest BCUT2D eigenvalue weighted by atomic mass is 16.2. The Morgan fingerprint density at radius 1 is 1.27 bits per heavy atom. The van der Waals surface area contributed by atoms with E-state index >= 15 is 0 Å². The molecule has 2 amide bonds. The van der Waals surface area contributed by atoms with Gasteiger partial charge in [-0.3, -0.25) is 9.36 Å². The molecule has 3 rings (SSSR count). The maximum atomic E-state index is 12.2. The van der Waals surface area contributed by atoms with E-state index < -0.39 is 0 Å². The van der Waals surface area contributed by atoms with Crippen LogP contribution in [0.1, 0.15) is 49.8 Å². The molecule has 1 saturated carbocycles. The zero-order chi connectivity index (χ0) is 18.4. The molecule has 1 aliphatic carbocycles. The number of aryl methyl sites for hydroxylation is 1. The van der Waals surface area contributed by atoms with Gasteiger partial charge in [-0.25, -0.2) is 9.78 Å². The monoisotopic (exact) mass is 354 g/mol. The molecule has 1 aromatic carbocycles. The van der Waals surface area contributed by atoms with Crippen molar-refractivity contribution in [3.8, 4) is 0 Å². The number of nitrogens with one attached hydrogen (secondary N) is 2. The van der Waals surface area contributed by atoms with Gasteiger partial charge < -0.3 is 10.6 Å². The highest BCUT2D eigenvalue weighted by molar-refractivity contribution is 5.90. The normalized spacial score (nSPS) is 14.3. The van der Waals surface area contributed by atoms with Crippen molar-refractivity contribution < 1.29 is 4.79 Å². The van der Waals surface area contributed by atoms with E-state index in [-0.39, 0.29) is 11.6 Å². The first kappa shape index (κ1) is 18.2. The molecule has 0 atom stereocenters. The van der Waals surface area contributed by atoms with Crippen molar-refractivity contribution >= 4 is 11.7 Å². The van der Waals surface area contributed by atoms with Crippen molar-refractivity contribution in [1.82, 2.24) is 14.9 Å². The molecule has 0 bridgehead atoms. The van der Waals surface area contributed by atoms with Gasteiger partial charge in [0.25, 0.3) is 5.56 Å². The molecule has 0 saturated heterocycles. The van der Waals surface area contributed by atoms with Gasteiger partial charge >= 0.3 is 6.03 Å². The number of benzene rings is 1. The van der Waals surface area contributed by atoms with Crippen LogP contribution in [-0.2, 0) is 13.0 Å². The van der Waals surface area contributed by atoms with Crippen molar-refractivity contribution in [2.24, 2.45) is 0 Å². The Morgan fingerprint density at radius 3 is 2.77 bits per heavy atom. The lowest BCUT2D eigenvalue weighted by Crippen LogP contribution is -2.34. The fourth-order valence-electron chi connectivity index (χ4n) is 3.46. The molecule has 138 valence electrons. The van der Waals surface area contributed by atoms with Crippen molar-refractivity contribution in [2.45, 2.75) is 51.5 Å². The number of nitrogens with zero attached hydrogens (tertiary/aromatic N) is 2. The minimum atomic E-state index is -0.269. The predicted octanol–water partition coefficient (Wildman–Crippen LogP) is 3.29. The zero-order valence-electron chi connectivity index (χ0n) is 15.2. The molecule has 26 heavy (non-hydrogen) atoms. The van der Waals surface area contributed by atoms with Crippen LogP contribution in [0.5, 0.6) is 0 Å². The summed E-state index contributed by atoms with van der Waals surface area (Å²) in [4.78, 5) is 28.7. The second-order valence-corrected chi connectivity index (χ2v) is 6.72. The maximum absolute atomic E-state index is 12.2. The number of hydrogen-bond donors (Lipinski definition) is 2. The van der Waals surface area contributed by atoms with Crippen LogP contribution in [0, 0.1) is 0 Å². The fourth-order valence-corrected chi connectivity index (χ4v) is 3.46. The van der Waals surface area contributed by atoms with E-state index in [1.54, 1.807) is 17.0 Å². The molecule has 1 fully saturated rings. The molecule has 2 aromatic rings. The number of rotatable bonds is 6. The summed E-state index contributed by atoms with van der Waals surface area (Å²) in [6, 6.07) is 9.10. The number of amides is 2. The summed E-state index contributed by atoms with van der Waals surface area (Å²) >= 11 is 0. The zero-order valence-corrected chi connectivity index (χ0v) is 15.2. The molecule has 2 N–H and O–H groups in total. The number of carbonyl (C=O) groups excluding carboxylic acids is 1. The lowest BCUT2D eigenvalue weighted by molar-refractivity contribution is 0.251. The molecular formula is C20H26N4O2. The number of para-hydroxylation sites is 1. The SMILES string of the molecule is CCc1ccccc1NC(=O)NCCn1cnc(C2CCCC2)cc1=O. The third-order valence-corrected chi connectivity index (χ3v) is 4.96. The smallest absolute Gasteiger partial charge is 0.319 e. The molecule has 1 aliphatic rings. The standard InChI is InChI=1S/C20H26N4O2/c1-2-15-7-5-6-10-17(15)23-20(26)21-11-12-24-14-22-18(13-19(24)25)16-8-3-4-9-16/h5-7,10,13-14,16H,2-4,8-9,11-12H2,1H3,(H2,21,23,26). The molecule has 6 heteroatoms. The molecule has 0 spiro atoms. The number of aromatic nitrogens is 2. The van der Waals surface area contributed by atoms with Crippen molar-refractivity contribution in [2.75, 3.05) is 11.9 Å². The minimum Gasteiger partial charge on any atom is -0.336 e. The van der Waals surface area contributed by atoms with E-state index in [9.17, 15) is 9.59 Å². The maximum Gasteiger partial charge on any atom is 0.319 e. The Hall–Kier alpha value is -2.63. The second-order valence-electron chi connectivity index (χ2n) is 6.72. The van der Waals surface area contributed by atoms with Gasteiger partial charge in [-0.05, 0) is 30.9 Å². The Morgan fingerprint density at radius 2 is 2.04 bits per heavy atom. The van der Waals surface area contributed by atoms with Crippen LogP contribution in [0.2, 0.25) is 0 Å². The summed E-state index contributed by atoms with van der Waals surface area (Å²) < 4.78 is 1.54. The topological polar surface area (TPSA) is 76.0 Å². The van der Waals surface area contributed by atoms with Crippen LogP contribution in [0.4, 0.5) is 10.5 Å². The highest BCUT2D eigenvalue weighted by Gasteiger charge is 2.18. The molecule has 0 aliphatic heterocycles. The third-order valence-electron chi connectivity index (χ3n) is 4.96. The van der Waals surface area contributed by atoms with Gasteiger partial charge in [-0.15, -0.1) is 0 Å². The van der Waals surface area contributed by atoms with Crippen LogP contribution in [0.3, 0.4) is 0 Å². The van der Waals surface area contributed by atoms with E-state index in [2.05, 4.69) is 15.6 Å². The first-order chi connectivity index (χ1) is 12.7. The van der Waals surface area contributed by atoms with Crippen LogP contribution < -0.4 is 16.2 Å². The largest absolute Gasteiger partial charge is 0.336 e. The summed E-state index contributed by atoms with van der Waals surface area (Å²) in [5, 5.41) is 5.65. The summed E-state index contributed by atoms with van der Waals surface area (Å²) in [5.74, 6) is 0.430. The summed E-state index contributed by atoms with van der Waals surface area (Å²) in [6.07, 6.45) is 7.13. The summed E-state index contributed by atoms with van der Waals surface area (Å²) in [6.45, 7) is 2.82. The average Bonchev–Trinajstić information content (AvgIpc) is 3.18. The van der Waals surface area contributed by atoms with Crippen molar-refractivity contribution in [3.05, 3.63) is 58.3 Å². The first-order valence-electron chi connectivity index (χ1n) is 9.36. The number of carbonyl (C=O) groups is 1. The average molecular weight is 354 g/mol. The van der Waals surface area contributed by atoms with Gasteiger partial charge in [0.15, 0.2) is 0 Å². The van der Waals surface area contributed by atoms with E-state index in [1.165, 1.54) is 12.8 Å². The molecular weight excluding hydrogens is 328 g/mol. The predicted molar refractivity (Wildman–Crippen MR) is 103 cm³/mol. The van der Waals surface area contributed by atoms with Gasteiger partial charge in [0.05, 0.1) is 12.0 Å². The van der Waals surface area contributed by atoms with Crippen LogP contribution in [0.25, 0.3) is 0 Å². The van der Waals surface area contributed by atoms with Crippen LogP contribution in [-0.4, -0.2) is 22.1 Å².